The fourth-order valence-corrected chi connectivity index (χ4v) is 1.06. The molecule has 0 N–H and O–H groups in total. The summed E-state index contributed by atoms with van der Waals surface area (Å²) in [5, 5.41) is 0. The molecule has 1 aliphatic carbocycles. The molecule has 1 rings (SSSR count). The Morgan fingerprint density at radius 3 is 1.08 bits per heavy atom. The van der Waals surface area contributed by atoms with Gasteiger partial charge in [-0.1, -0.05) is 71.4 Å². The summed E-state index contributed by atoms with van der Waals surface area (Å²) in [7, 11) is 0. The van der Waals surface area contributed by atoms with Crippen LogP contribution in [0, 0.1) is 5.41 Å². The molecular weight excluding hydrogens is 156 g/mol. The van der Waals surface area contributed by atoms with Gasteiger partial charge >= 0.3 is 0 Å². The predicted molar refractivity (Wildman–Crippen MR) is 62.0 cm³/mol. The van der Waals surface area contributed by atoms with Crippen LogP contribution in [0.4, 0.5) is 0 Å². The highest BCUT2D eigenvalue weighted by Crippen LogP contribution is 2.21. The standard InChI is InChI=1S/C7H14.C6H12/c1-6(2)7(3,4)5;1-2-4-6-5-3-1/h1H2,2-5H3;1-6H2. The van der Waals surface area contributed by atoms with Crippen LogP contribution in [-0.4, -0.2) is 0 Å². The summed E-state index contributed by atoms with van der Waals surface area (Å²) >= 11 is 0. The van der Waals surface area contributed by atoms with Gasteiger partial charge in [0.05, 0.1) is 0 Å². The molecule has 0 aliphatic heterocycles. The summed E-state index contributed by atoms with van der Waals surface area (Å²) in [6.45, 7) is 12.4. The van der Waals surface area contributed by atoms with Crippen molar-refractivity contribution in [2.75, 3.05) is 0 Å². The number of hydrogen-bond donors (Lipinski definition) is 0. The van der Waals surface area contributed by atoms with E-state index in [9.17, 15) is 0 Å². The Hall–Kier alpha value is -0.260. The van der Waals surface area contributed by atoms with Crippen molar-refractivity contribution in [3.8, 4) is 0 Å². The van der Waals surface area contributed by atoms with Gasteiger partial charge in [-0.15, -0.1) is 0 Å². The molecule has 0 atom stereocenters. The van der Waals surface area contributed by atoms with Crippen molar-refractivity contribution in [2.45, 2.75) is 66.2 Å². The number of hydrogen-bond acceptors (Lipinski definition) is 0. The first-order chi connectivity index (χ1) is 5.94. The van der Waals surface area contributed by atoms with E-state index in [1.54, 1.807) is 0 Å². The summed E-state index contributed by atoms with van der Waals surface area (Å²) in [6.07, 6.45) is 9.00. The summed E-state index contributed by atoms with van der Waals surface area (Å²) in [6, 6.07) is 0. The van der Waals surface area contributed by atoms with E-state index in [-0.39, 0.29) is 0 Å². The van der Waals surface area contributed by atoms with Crippen LogP contribution in [0.5, 0.6) is 0 Å². The van der Waals surface area contributed by atoms with Crippen LogP contribution >= 0.6 is 0 Å². The minimum Gasteiger partial charge on any atom is -0.0996 e. The Morgan fingerprint density at radius 1 is 0.846 bits per heavy atom. The van der Waals surface area contributed by atoms with Crippen LogP contribution in [0.25, 0.3) is 0 Å². The van der Waals surface area contributed by atoms with Gasteiger partial charge in [0.15, 0.2) is 0 Å². The zero-order valence-corrected chi connectivity index (χ0v) is 9.95. The highest BCUT2D eigenvalue weighted by atomic mass is 14.1. The van der Waals surface area contributed by atoms with Gasteiger partial charge in [-0.2, -0.15) is 0 Å². The van der Waals surface area contributed by atoms with Gasteiger partial charge in [-0.25, -0.2) is 0 Å². The summed E-state index contributed by atoms with van der Waals surface area (Å²) in [4.78, 5) is 0. The molecule has 0 spiro atoms. The van der Waals surface area contributed by atoms with E-state index in [1.165, 1.54) is 44.1 Å². The maximum absolute atomic E-state index is 3.83. The SMILES string of the molecule is C1CCCCC1.C=C(C)C(C)(C)C. The zero-order valence-electron chi connectivity index (χ0n) is 9.95. The molecule has 1 fully saturated rings. The quantitative estimate of drug-likeness (QED) is 0.465. The Bertz CT molecular complexity index is 121. The highest BCUT2D eigenvalue weighted by molar-refractivity contribution is 4.99. The van der Waals surface area contributed by atoms with Gasteiger partial charge in [0.2, 0.25) is 0 Å². The maximum Gasteiger partial charge on any atom is -0.0178 e. The first-order valence-electron chi connectivity index (χ1n) is 5.60. The summed E-state index contributed by atoms with van der Waals surface area (Å²) in [5.74, 6) is 0. The lowest BCUT2D eigenvalue weighted by molar-refractivity contribution is 0.504. The molecule has 0 aromatic heterocycles. The average molecular weight is 182 g/mol. The smallest absolute Gasteiger partial charge is 0.0178 e. The lowest BCUT2D eigenvalue weighted by atomic mass is 9.89. The average Bonchev–Trinajstić information content (AvgIpc) is 2.07. The van der Waals surface area contributed by atoms with E-state index in [2.05, 4.69) is 34.3 Å². The number of allylic oxidation sites excluding steroid dienone is 1. The minimum absolute atomic E-state index is 0.306. The molecule has 78 valence electrons. The van der Waals surface area contributed by atoms with Gasteiger partial charge in [0, 0.05) is 0 Å². The Morgan fingerprint density at radius 2 is 1.00 bits per heavy atom. The minimum atomic E-state index is 0.306. The normalized spacial score (nSPS) is 17.2. The van der Waals surface area contributed by atoms with Gasteiger partial charge in [-0.3, -0.25) is 0 Å². The third-order valence-electron chi connectivity index (χ3n) is 2.78. The predicted octanol–water partition coefficient (Wildman–Crippen LogP) is 4.95. The molecule has 0 aromatic rings. The van der Waals surface area contributed by atoms with E-state index in [0.29, 0.717) is 5.41 Å². The molecule has 1 saturated carbocycles. The van der Waals surface area contributed by atoms with Gasteiger partial charge in [-0.05, 0) is 12.3 Å². The lowest BCUT2D eigenvalue weighted by Gasteiger charge is -2.16. The molecule has 0 amide bonds. The van der Waals surface area contributed by atoms with Gasteiger partial charge in [0.1, 0.15) is 0 Å². The molecular formula is C13H26. The first-order valence-corrected chi connectivity index (χ1v) is 5.60. The zero-order chi connectivity index (χ0) is 10.3. The van der Waals surface area contributed by atoms with Crippen LogP contribution in [0.3, 0.4) is 0 Å². The van der Waals surface area contributed by atoms with E-state index >= 15 is 0 Å². The van der Waals surface area contributed by atoms with Gasteiger partial charge < -0.3 is 0 Å². The molecule has 0 saturated heterocycles. The fraction of sp³-hybridized carbons (Fsp3) is 0.846. The Kier molecular flexibility index (Phi) is 6.11. The molecule has 0 radical (unpaired) electrons. The highest BCUT2D eigenvalue weighted by Gasteiger charge is 2.08. The van der Waals surface area contributed by atoms with Crippen LogP contribution in [0.2, 0.25) is 0 Å². The van der Waals surface area contributed by atoms with Crippen molar-refractivity contribution in [3.63, 3.8) is 0 Å². The Labute approximate surface area is 84.4 Å². The third kappa shape index (κ3) is 8.08. The van der Waals surface area contributed by atoms with Crippen LogP contribution in [0.1, 0.15) is 66.2 Å². The van der Waals surface area contributed by atoms with E-state index in [4.69, 9.17) is 0 Å². The topological polar surface area (TPSA) is 0 Å². The van der Waals surface area contributed by atoms with E-state index in [1.807, 2.05) is 0 Å². The molecule has 0 aromatic carbocycles. The second-order valence-electron chi connectivity index (χ2n) is 5.15. The van der Waals surface area contributed by atoms with Crippen LogP contribution < -0.4 is 0 Å². The van der Waals surface area contributed by atoms with Gasteiger partial charge in [0.25, 0.3) is 0 Å². The molecule has 0 nitrogen and oxygen atoms in total. The van der Waals surface area contributed by atoms with Crippen molar-refractivity contribution in [2.24, 2.45) is 5.41 Å². The number of rotatable bonds is 0. The Balaban J connectivity index is 0.000000223. The molecule has 0 heteroatoms. The summed E-state index contributed by atoms with van der Waals surface area (Å²) in [5.41, 5.74) is 1.55. The lowest BCUT2D eigenvalue weighted by Crippen LogP contribution is -2.04. The van der Waals surface area contributed by atoms with Crippen molar-refractivity contribution < 1.29 is 0 Å². The van der Waals surface area contributed by atoms with Crippen molar-refractivity contribution in [1.29, 1.82) is 0 Å². The molecule has 1 aliphatic rings. The maximum atomic E-state index is 3.83. The van der Waals surface area contributed by atoms with Crippen LogP contribution in [0.15, 0.2) is 12.2 Å². The van der Waals surface area contributed by atoms with Crippen molar-refractivity contribution in [1.82, 2.24) is 0 Å². The second kappa shape index (κ2) is 6.23. The first kappa shape index (κ1) is 12.7. The largest absolute Gasteiger partial charge is 0.0996 e. The van der Waals surface area contributed by atoms with Crippen LogP contribution in [-0.2, 0) is 0 Å². The second-order valence-corrected chi connectivity index (χ2v) is 5.15. The van der Waals surface area contributed by atoms with E-state index in [0.717, 1.165) is 0 Å². The van der Waals surface area contributed by atoms with Crippen molar-refractivity contribution >= 4 is 0 Å². The monoisotopic (exact) mass is 182 g/mol. The summed E-state index contributed by atoms with van der Waals surface area (Å²) < 4.78 is 0. The fourth-order valence-electron chi connectivity index (χ4n) is 1.06. The molecule has 0 bridgehead atoms. The van der Waals surface area contributed by atoms with E-state index < -0.39 is 0 Å². The molecule has 0 unspecified atom stereocenters. The molecule has 0 heterocycles. The molecule has 13 heavy (non-hydrogen) atoms. The third-order valence-corrected chi connectivity index (χ3v) is 2.78. The van der Waals surface area contributed by atoms with Crippen molar-refractivity contribution in [3.05, 3.63) is 12.2 Å².